The van der Waals surface area contributed by atoms with Crippen LogP contribution in [0.5, 0.6) is 5.88 Å². The predicted octanol–water partition coefficient (Wildman–Crippen LogP) is 5.88. The molecule has 0 aromatic carbocycles. The quantitative estimate of drug-likeness (QED) is 0.210. The predicted molar refractivity (Wildman–Crippen MR) is 141 cm³/mol. The number of halogens is 1. The van der Waals surface area contributed by atoms with Crippen LogP contribution in [-0.4, -0.2) is 45.8 Å². The van der Waals surface area contributed by atoms with Crippen molar-refractivity contribution in [1.82, 2.24) is 20.1 Å². The molecular weight excluding hydrogens is 473 g/mol. The average Bonchev–Trinajstić information content (AvgIpc) is 3.36. The van der Waals surface area contributed by atoms with Crippen LogP contribution in [-0.2, 0) is 16.6 Å². The molecule has 0 N–H and O–H groups in total. The molecule has 0 fully saturated rings. The summed E-state index contributed by atoms with van der Waals surface area (Å²) in [6.45, 7) is 12.2. The van der Waals surface area contributed by atoms with Crippen LogP contribution in [0.1, 0.15) is 65.1 Å². The first-order valence-electron chi connectivity index (χ1n) is 12.7. The third-order valence-corrected chi connectivity index (χ3v) is 5.75. The molecule has 0 bridgehead atoms. The van der Waals surface area contributed by atoms with Crippen LogP contribution in [0.4, 0.5) is 10.1 Å². The van der Waals surface area contributed by atoms with Crippen molar-refractivity contribution in [3.05, 3.63) is 60.7 Å². The van der Waals surface area contributed by atoms with Crippen molar-refractivity contribution in [2.24, 2.45) is 0 Å². The lowest BCUT2D eigenvalue weighted by molar-refractivity contribution is -0.115. The minimum Gasteiger partial charge on any atom is -0.478 e. The number of alkyl halides is 1. The molecule has 0 aliphatic rings. The summed E-state index contributed by atoms with van der Waals surface area (Å²) < 4.78 is 23.7. The number of carbonyl (C=O) groups excluding carboxylic acids is 1. The maximum absolute atomic E-state index is 13.1. The van der Waals surface area contributed by atoms with E-state index in [0.29, 0.717) is 42.9 Å². The van der Waals surface area contributed by atoms with E-state index in [9.17, 15) is 9.18 Å². The van der Waals surface area contributed by atoms with Gasteiger partial charge < -0.3 is 14.2 Å². The molecule has 0 saturated heterocycles. The van der Waals surface area contributed by atoms with Gasteiger partial charge in [-0.15, -0.1) is 0 Å². The largest absolute Gasteiger partial charge is 0.478 e. The first kappa shape index (κ1) is 28.0. The zero-order valence-corrected chi connectivity index (χ0v) is 22.2. The van der Waals surface area contributed by atoms with Gasteiger partial charge >= 0.3 is 0 Å². The van der Waals surface area contributed by atoms with E-state index in [1.807, 2.05) is 39.8 Å². The standard InChI is InChI=1S/C28H36FN5O3/c1-6-36-24-12-11-21(18-31-24)22-16-23(19-30-17-22)34(26(35)20(2)13-14-29)15-9-7-8-10-25-32-27(33-37-25)28(3,4)5/h11-12,16-19H,2,6-10,13-15H2,1,3-5H3. The average molecular weight is 510 g/mol. The van der Waals surface area contributed by atoms with Crippen molar-refractivity contribution >= 4 is 11.6 Å². The molecule has 0 aliphatic carbocycles. The van der Waals surface area contributed by atoms with Crippen LogP contribution in [0, 0.1) is 0 Å². The number of pyridine rings is 2. The zero-order valence-electron chi connectivity index (χ0n) is 22.2. The molecule has 3 aromatic rings. The molecule has 3 aromatic heterocycles. The fraction of sp³-hybridized carbons (Fsp3) is 0.464. The van der Waals surface area contributed by atoms with E-state index in [1.54, 1.807) is 29.6 Å². The Morgan fingerprint density at radius 2 is 1.95 bits per heavy atom. The highest BCUT2D eigenvalue weighted by Crippen LogP contribution is 2.26. The fourth-order valence-electron chi connectivity index (χ4n) is 3.66. The fourth-order valence-corrected chi connectivity index (χ4v) is 3.66. The van der Waals surface area contributed by atoms with Gasteiger partial charge in [0.25, 0.3) is 5.91 Å². The van der Waals surface area contributed by atoms with E-state index in [0.717, 1.165) is 30.4 Å². The number of ether oxygens (including phenoxy) is 1. The van der Waals surface area contributed by atoms with Gasteiger partial charge in [0, 0.05) is 60.0 Å². The highest BCUT2D eigenvalue weighted by molar-refractivity contribution is 6.05. The van der Waals surface area contributed by atoms with Crippen molar-refractivity contribution in [3.8, 4) is 17.0 Å². The lowest BCUT2D eigenvalue weighted by Gasteiger charge is -2.24. The lowest BCUT2D eigenvalue weighted by atomic mass is 9.96. The van der Waals surface area contributed by atoms with E-state index in [1.165, 1.54) is 0 Å². The molecular formula is C28H36FN5O3. The van der Waals surface area contributed by atoms with Crippen LogP contribution in [0.25, 0.3) is 11.1 Å². The maximum atomic E-state index is 13.1. The third-order valence-electron chi connectivity index (χ3n) is 5.75. The normalized spacial score (nSPS) is 11.4. The summed E-state index contributed by atoms with van der Waals surface area (Å²) in [5, 5.41) is 4.06. The topological polar surface area (TPSA) is 94.2 Å². The summed E-state index contributed by atoms with van der Waals surface area (Å²) in [6.07, 6.45) is 8.17. The smallest absolute Gasteiger partial charge is 0.253 e. The Balaban J connectivity index is 1.68. The summed E-state index contributed by atoms with van der Waals surface area (Å²) in [5.41, 5.74) is 2.36. The molecule has 1 amide bonds. The Bertz CT molecular complexity index is 1170. The number of carbonyl (C=O) groups is 1. The van der Waals surface area contributed by atoms with Gasteiger partial charge in [-0.3, -0.25) is 14.2 Å². The Kier molecular flexibility index (Phi) is 9.88. The van der Waals surface area contributed by atoms with E-state index >= 15 is 0 Å². The molecule has 0 aliphatic heterocycles. The number of hydrogen-bond donors (Lipinski definition) is 0. The van der Waals surface area contributed by atoms with Crippen LogP contribution in [0.3, 0.4) is 0 Å². The van der Waals surface area contributed by atoms with Crippen LogP contribution in [0.2, 0.25) is 0 Å². The Labute approximate surface area is 218 Å². The highest BCUT2D eigenvalue weighted by Gasteiger charge is 2.21. The van der Waals surface area contributed by atoms with Crippen molar-refractivity contribution in [2.75, 3.05) is 24.7 Å². The van der Waals surface area contributed by atoms with E-state index < -0.39 is 6.67 Å². The molecule has 0 saturated carbocycles. The number of nitrogens with zero attached hydrogens (tertiary/aromatic N) is 5. The lowest BCUT2D eigenvalue weighted by Crippen LogP contribution is -2.33. The number of hydrogen-bond acceptors (Lipinski definition) is 7. The summed E-state index contributed by atoms with van der Waals surface area (Å²) in [6, 6.07) is 5.58. The van der Waals surface area contributed by atoms with Crippen LogP contribution < -0.4 is 9.64 Å². The third kappa shape index (κ3) is 7.93. The molecule has 3 heterocycles. The summed E-state index contributed by atoms with van der Waals surface area (Å²) >= 11 is 0. The van der Waals surface area contributed by atoms with Gasteiger partial charge in [0.05, 0.1) is 25.2 Å². The number of anilines is 1. The van der Waals surface area contributed by atoms with E-state index in [-0.39, 0.29) is 23.3 Å². The van der Waals surface area contributed by atoms with E-state index in [4.69, 9.17) is 9.26 Å². The molecule has 198 valence electrons. The van der Waals surface area contributed by atoms with Crippen molar-refractivity contribution < 1.29 is 18.4 Å². The number of unbranched alkanes of at least 4 members (excludes halogenated alkanes) is 2. The molecule has 0 atom stereocenters. The van der Waals surface area contributed by atoms with Crippen molar-refractivity contribution in [1.29, 1.82) is 0 Å². The second-order valence-electron chi connectivity index (χ2n) is 9.82. The number of aromatic nitrogens is 4. The summed E-state index contributed by atoms with van der Waals surface area (Å²) in [4.78, 5) is 27.9. The minimum absolute atomic E-state index is 0.00145. The van der Waals surface area contributed by atoms with Crippen LogP contribution >= 0.6 is 0 Å². The molecule has 9 heteroatoms. The zero-order chi connectivity index (χ0) is 26.8. The SMILES string of the molecule is C=C(CCF)C(=O)N(CCCCCc1nc(C(C)(C)C)no1)c1cncc(-c2ccc(OCC)nc2)c1. The number of amides is 1. The van der Waals surface area contributed by atoms with Crippen molar-refractivity contribution in [2.45, 2.75) is 65.2 Å². The van der Waals surface area contributed by atoms with E-state index in [2.05, 4.69) is 26.7 Å². The van der Waals surface area contributed by atoms with Gasteiger partial charge in [-0.05, 0) is 31.9 Å². The van der Waals surface area contributed by atoms with Gasteiger partial charge in [0.1, 0.15) is 0 Å². The number of aryl methyl sites for hydroxylation is 1. The molecule has 0 spiro atoms. The van der Waals surface area contributed by atoms with Gasteiger partial charge in [-0.2, -0.15) is 4.98 Å². The monoisotopic (exact) mass is 509 g/mol. The molecule has 37 heavy (non-hydrogen) atoms. The van der Waals surface area contributed by atoms with Crippen molar-refractivity contribution in [3.63, 3.8) is 0 Å². The Morgan fingerprint density at radius 1 is 1.14 bits per heavy atom. The van der Waals surface area contributed by atoms with Gasteiger partial charge in [-0.1, -0.05) is 38.9 Å². The molecule has 8 nitrogen and oxygen atoms in total. The minimum atomic E-state index is -0.630. The molecule has 0 unspecified atom stereocenters. The second kappa shape index (κ2) is 13.1. The maximum Gasteiger partial charge on any atom is 0.253 e. The highest BCUT2D eigenvalue weighted by atomic mass is 19.1. The van der Waals surface area contributed by atoms with Gasteiger partial charge in [-0.25, -0.2) is 4.98 Å². The number of rotatable bonds is 13. The Hall–Kier alpha value is -3.62. The van der Waals surface area contributed by atoms with Gasteiger partial charge in [0.15, 0.2) is 5.82 Å². The summed E-state index contributed by atoms with van der Waals surface area (Å²) in [7, 11) is 0. The molecule has 0 radical (unpaired) electrons. The second-order valence-corrected chi connectivity index (χ2v) is 9.82. The molecule has 3 rings (SSSR count). The first-order valence-corrected chi connectivity index (χ1v) is 12.7. The first-order chi connectivity index (χ1) is 17.7. The summed E-state index contributed by atoms with van der Waals surface area (Å²) in [5.74, 6) is 1.56. The van der Waals surface area contributed by atoms with Crippen LogP contribution in [0.15, 0.2) is 53.5 Å². The Morgan fingerprint density at radius 3 is 2.59 bits per heavy atom. The van der Waals surface area contributed by atoms with Gasteiger partial charge in [0.2, 0.25) is 11.8 Å².